The number of ketones is 1. The van der Waals surface area contributed by atoms with Crippen LogP contribution >= 0.6 is 39.9 Å². The summed E-state index contributed by atoms with van der Waals surface area (Å²) in [7, 11) is 0. The summed E-state index contributed by atoms with van der Waals surface area (Å²) in [5, 5.41) is 0.559. The number of nitrogens with one attached hydrogen (secondary N) is 1. The van der Waals surface area contributed by atoms with Gasteiger partial charge in [0.1, 0.15) is 6.54 Å². The molecule has 0 aliphatic carbocycles. The number of fused-ring (bicyclic) bond motifs is 1. The van der Waals surface area contributed by atoms with Crippen molar-refractivity contribution in [2.45, 2.75) is 6.54 Å². The van der Waals surface area contributed by atoms with Crippen molar-refractivity contribution in [1.29, 1.82) is 0 Å². The number of aromatic amines is 1. The molecule has 36 heavy (non-hydrogen) atoms. The van der Waals surface area contributed by atoms with Gasteiger partial charge in [0.15, 0.2) is 0 Å². The van der Waals surface area contributed by atoms with Crippen molar-refractivity contribution in [2.75, 3.05) is 16.3 Å². The number of halogens is 3. The number of imidazole rings is 1. The molecule has 7 nitrogen and oxygen atoms in total. The van der Waals surface area contributed by atoms with Crippen LogP contribution in [0.25, 0.3) is 11.3 Å². The van der Waals surface area contributed by atoms with Gasteiger partial charge in [-0.25, -0.2) is 4.98 Å². The van der Waals surface area contributed by atoms with Gasteiger partial charge in [0, 0.05) is 26.9 Å². The van der Waals surface area contributed by atoms with Crippen LogP contribution < -0.4 is 9.80 Å². The van der Waals surface area contributed by atoms with E-state index in [0.29, 0.717) is 20.9 Å². The minimum atomic E-state index is -0.719. The number of anilines is 2. The molecule has 5 rings (SSSR count). The highest BCUT2D eigenvalue weighted by molar-refractivity contribution is 9.10. The molecule has 1 N–H and O–H groups in total. The van der Waals surface area contributed by atoms with E-state index in [1.165, 1.54) is 4.90 Å². The van der Waals surface area contributed by atoms with Crippen molar-refractivity contribution in [3.05, 3.63) is 99.9 Å². The summed E-state index contributed by atoms with van der Waals surface area (Å²) in [6.45, 7) is -0.0365. The monoisotopic (exact) mass is 584 g/mol. The van der Waals surface area contributed by atoms with Gasteiger partial charge in [-0.1, -0.05) is 51.8 Å². The predicted molar refractivity (Wildman–Crippen MR) is 145 cm³/mol. The third kappa shape index (κ3) is 5.06. The Balaban J connectivity index is 0.00000304. The third-order valence-corrected chi connectivity index (χ3v) is 6.46. The number of carbonyl (C=O) groups is 3. The fourth-order valence-corrected chi connectivity index (χ4v) is 4.60. The molecule has 182 valence electrons. The maximum Gasteiger partial charge on any atom is 0.299 e. The highest BCUT2D eigenvalue weighted by atomic mass is 79.9. The standard InChI is InChI=1S/C26H18BrClN4O3.ClH/c27-18-6-9-23-21(11-18)25(34)26(35)32(23)14-24(33)31(13-16-2-1-3-19(28)10-16)20-7-4-17(5-8-20)22-12-29-15-30-22;/h1-12,15H,13-14H2,(H,29,30);1H. The number of aromatic nitrogens is 2. The Morgan fingerprint density at radius 2 is 1.83 bits per heavy atom. The van der Waals surface area contributed by atoms with Gasteiger partial charge in [-0.3, -0.25) is 19.3 Å². The molecule has 1 aliphatic rings. The van der Waals surface area contributed by atoms with Crippen molar-refractivity contribution in [3.63, 3.8) is 0 Å². The van der Waals surface area contributed by atoms with Gasteiger partial charge in [0.25, 0.3) is 11.7 Å². The Morgan fingerprint density at radius 3 is 2.53 bits per heavy atom. The molecule has 0 unspecified atom stereocenters. The van der Waals surface area contributed by atoms with Gasteiger partial charge in [0.2, 0.25) is 5.91 Å². The Kier molecular flexibility index (Phi) is 7.59. The molecule has 4 aromatic rings. The molecule has 2 heterocycles. The summed E-state index contributed by atoms with van der Waals surface area (Å²) in [5.41, 5.74) is 3.85. The Morgan fingerprint density at radius 1 is 1.06 bits per heavy atom. The van der Waals surface area contributed by atoms with Crippen molar-refractivity contribution >= 4 is 68.9 Å². The molecular formula is C26H19BrCl2N4O3. The molecule has 0 bridgehead atoms. The first-order chi connectivity index (χ1) is 16.9. The van der Waals surface area contributed by atoms with Crippen LogP contribution in [0, 0.1) is 0 Å². The summed E-state index contributed by atoms with van der Waals surface area (Å²) in [4.78, 5) is 48.8. The maximum atomic E-state index is 13.6. The van der Waals surface area contributed by atoms with Gasteiger partial charge in [-0.15, -0.1) is 12.4 Å². The first kappa shape index (κ1) is 25.6. The molecule has 10 heteroatoms. The summed E-state index contributed by atoms with van der Waals surface area (Å²) in [6, 6.07) is 19.6. The molecule has 1 aromatic heterocycles. The molecule has 1 aliphatic heterocycles. The average molecular weight is 586 g/mol. The number of hydrogen-bond donors (Lipinski definition) is 1. The van der Waals surface area contributed by atoms with E-state index in [-0.39, 0.29) is 37.0 Å². The number of benzene rings is 3. The first-order valence-corrected chi connectivity index (χ1v) is 11.9. The van der Waals surface area contributed by atoms with Crippen LogP contribution in [0.1, 0.15) is 15.9 Å². The fourth-order valence-electron chi connectivity index (χ4n) is 4.02. The van der Waals surface area contributed by atoms with Gasteiger partial charge >= 0.3 is 0 Å². The lowest BCUT2D eigenvalue weighted by molar-refractivity contribution is -0.120. The normalized spacial score (nSPS) is 12.3. The lowest BCUT2D eigenvalue weighted by Crippen LogP contribution is -2.42. The average Bonchev–Trinajstić information content (AvgIpc) is 3.47. The second kappa shape index (κ2) is 10.7. The van der Waals surface area contributed by atoms with Gasteiger partial charge in [-0.05, 0) is 48.0 Å². The number of rotatable bonds is 6. The molecule has 0 saturated carbocycles. The Hall–Kier alpha value is -3.46. The van der Waals surface area contributed by atoms with Crippen LogP contribution in [0.15, 0.2) is 83.7 Å². The van der Waals surface area contributed by atoms with Crippen molar-refractivity contribution in [1.82, 2.24) is 9.97 Å². The lowest BCUT2D eigenvalue weighted by Gasteiger charge is -2.26. The molecule has 3 aromatic carbocycles. The van der Waals surface area contributed by atoms with Crippen molar-refractivity contribution < 1.29 is 14.4 Å². The molecule has 2 amide bonds. The molecule has 0 radical (unpaired) electrons. The fraction of sp³-hybridized carbons (Fsp3) is 0.0769. The number of hydrogen-bond acceptors (Lipinski definition) is 4. The highest BCUT2D eigenvalue weighted by Crippen LogP contribution is 2.32. The molecule has 0 spiro atoms. The van der Waals surface area contributed by atoms with Gasteiger partial charge in [-0.2, -0.15) is 0 Å². The minimum absolute atomic E-state index is 0. The first-order valence-electron chi connectivity index (χ1n) is 10.7. The number of nitrogens with zero attached hydrogens (tertiary/aromatic N) is 3. The summed E-state index contributed by atoms with van der Waals surface area (Å²) < 4.78 is 0.685. The topological polar surface area (TPSA) is 86.4 Å². The Bertz CT molecular complexity index is 1440. The summed E-state index contributed by atoms with van der Waals surface area (Å²) >= 11 is 9.49. The number of carbonyl (C=O) groups excluding carboxylic acids is 3. The van der Waals surface area contributed by atoms with Crippen LogP contribution in [0.3, 0.4) is 0 Å². The van der Waals surface area contributed by atoms with Gasteiger partial charge < -0.3 is 9.88 Å². The lowest BCUT2D eigenvalue weighted by atomic mass is 10.1. The molecule has 0 atom stereocenters. The second-order valence-electron chi connectivity index (χ2n) is 7.99. The zero-order valence-electron chi connectivity index (χ0n) is 18.7. The predicted octanol–water partition coefficient (Wildman–Crippen LogP) is 5.68. The molecule has 0 fully saturated rings. The van der Waals surface area contributed by atoms with Crippen LogP contribution in [-0.4, -0.2) is 34.1 Å². The smallest absolute Gasteiger partial charge is 0.299 e. The number of amides is 2. The maximum absolute atomic E-state index is 13.6. The highest BCUT2D eigenvalue weighted by Gasteiger charge is 2.37. The van der Waals surface area contributed by atoms with Gasteiger partial charge in [0.05, 0.1) is 29.8 Å². The van der Waals surface area contributed by atoms with Crippen LogP contribution in [0.2, 0.25) is 5.02 Å². The van der Waals surface area contributed by atoms with E-state index in [4.69, 9.17) is 11.6 Å². The van der Waals surface area contributed by atoms with Crippen LogP contribution in [-0.2, 0) is 16.1 Å². The SMILES string of the molecule is Cl.O=C1C(=O)N(CC(=O)N(Cc2cccc(Cl)c2)c2ccc(-c3c[nH]cn3)cc2)c2ccc(Br)cc21. The van der Waals surface area contributed by atoms with E-state index in [2.05, 4.69) is 25.9 Å². The van der Waals surface area contributed by atoms with E-state index in [1.54, 1.807) is 47.8 Å². The zero-order chi connectivity index (χ0) is 24.5. The van der Waals surface area contributed by atoms with E-state index >= 15 is 0 Å². The van der Waals surface area contributed by atoms with Crippen molar-refractivity contribution in [3.8, 4) is 11.3 Å². The molecular weight excluding hydrogens is 567 g/mol. The van der Waals surface area contributed by atoms with E-state index < -0.39 is 11.7 Å². The molecule has 0 saturated heterocycles. The minimum Gasteiger partial charge on any atom is -0.351 e. The second-order valence-corrected chi connectivity index (χ2v) is 9.35. The largest absolute Gasteiger partial charge is 0.351 e. The van der Waals surface area contributed by atoms with E-state index in [1.807, 2.05) is 36.4 Å². The van der Waals surface area contributed by atoms with E-state index in [9.17, 15) is 14.4 Å². The Labute approximate surface area is 226 Å². The quantitative estimate of drug-likeness (QED) is 0.295. The third-order valence-electron chi connectivity index (χ3n) is 5.73. The van der Waals surface area contributed by atoms with Crippen LogP contribution in [0.4, 0.5) is 11.4 Å². The number of Topliss-reactive ketones (excluding diaryl/α,β-unsaturated/α-hetero) is 1. The summed E-state index contributed by atoms with van der Waals surface area (Å²) in [5.74, 6) is -1.68. The van der Waals surface area contributed by atoms with Crippen LogP contribution in [0.5, 0.6) is 0 Å². The zero-order valence-corrected chi connectivity index (χ0v) is 21.8. The van der Waals surface area contributed by atoms with E-state index in [0.717, 1.165) is 16.8 Å². The number of H-pyrrole nitrogens is 1. The summed E-state index contributed by atoms with van der Waals surface area (Å²) in [6.07, 6.45) is 3.39. The van der Waals surface area contributed by atoms with Crippen molar-refractivity contribution in [2.24, 2.45) is 0 Å².